The molecule has 0 saturated heterocycles. The molecule has 0 spiro atoms. The molecule has 2 rings (SSSR count). The molecule has 0 aliphatic rings. The van der Waals surface area contributed by atoms with Gasteiger partial charge in [0.2, 0.25) is 0 Å². The number of hydrogen-bond donors (Lipinski definition) is 1. The second-order valence-corrected chi connectivity index (χ2v) is 4.05. The Labute approximate surface area is 106 Å². The van der Waals surface area contributed by atoms with Crippen LogP contribution in [0.1, 0.15) is 15.9 Å². The van der Waals surface area contributed by atoms with E-state index in [0.29, 0.717) is 11.3 Å². The number of phenolic OH excluding ortho intramolecular Hbond substituents is 1. The van der Waals surface area contributed by atoms with Crippen LogP contribution in [0.25, 0.3) is 0 Å². The molecule has 0 bridgehead atoms. The van der Waals surface area contributed by atoms with E-state index in [1.54, 1.807) is 24.3 Å². The van der Waals surface area contributed by atoms with Gasteiger partial charge < -0.3 is 9.84 Å². The first-order chi connectivity index (χ1) is 8.66. The minimum atomic E-state index is -0.109. The van der Waals surface area contributed by atoms with Crippen LogP contribution >= 0.6 is 0 Å². The second kappa shape index (κ2) is 5.36. The highest BCUT2D eigenvalue weighted by Gasteiger charge is 2.08. The van der Waals surface area contributed by atoms with Gasteiger partial charge in [0.15, 0.2) is 23.9 Å². The van der Waals surface area contributed by atoms with E-state index < -0.39 is 0 Å². The third-order valence-corrected chi connectivity index (χ3v) is 2.56. The monoisotopic (exact) mass is 242 g/mol. The number of rotatable bonds is 4. The summed E-state index contributed by atoms with van der Waals surface area (Å²) in [7, 11) is 0. The fourth-order valence-electron chi connectivity index (χ4n) is 1.62. The van der Waals surface area contributed by atoms with Crippen molar-refractivity contribution in [3.63, 3.8) is 0 Å². The van der Waals surface area contributed by atoms with Gasteiger partial charge in [0.25, 0.3) is 0 Å². The summed E-state index contributed by atoms with van der Waals surface area (Å²) in [6.07, 6.45) is 0. The van der Waals surface area contributed by atoms with Gasteiger partial charge in [0.05, 0.1) is 0 Å². The van der Waals surface area contributed by atoms with Crippen molar-refractivity contribution in [2.75, 3.05) is 6.61 Å². The average molecular weight is 242 g/mol. The van der Waals surface area contributed by atoms with Crippen LogP contribution in [0.3, 0.4) is 0 Å². The largest absolute Gasteiger partial charge is 0.504 e. The molecule has 1 N–H and O–H groups in total. The zero-order valence-electron chi connectivity index (χ0n) is 10.1. The minimum absolute atomic E-state index is 0.0366. The molecule has 0 aromatic heterocycles. The van der Waals surface area contributed by atoms with Crippen molar-refractivity contribution >= 4 is 5.78 Å². The van der Waals surface area contributed by atoms with Crippen molar-refractivity contribution in [2.24, 2.45) is 0 Å². The molecule has 0 aliphatic heterocycles. The third kappa shape index (κ3) is 2.88. The van der Waals surface area contributed by atoms with E-state index in [2.05, 4.69) is 0 Å². The van der Waals surface area contributed by atoms with Crippen molar-refractivity contribution in [1.29, 1.82) is 0 Å². The molecule has 0 fully saturated rings. The Kier molecular flexibility index (Phi) is 3.63. The number of ketones is 1. The number of para-hydroxylation sites is 2. The van der Waals surface area contributed by atoms with Crippen LogP contribution in [0.5, 0.6) is 11.5 Å². The van der Waals surface area contributed by atoms with Crippen LogP contribution in [0.4, 0.5) is 0 Å². The van der Waals surface area contributed by atoms with E-state index in [-0.39, 0.29) is 18.1 Å². The van der Waals surface area contributed by atoms with Crippen LogP contribution in [0, 0.1) is 6.92 Å². The van der Waals surface area contributed by atoms with Gasteiger partial charge in [-0.1, -0.05) is 35.9 Å². The van der Waals surface area contributed by atoms with Gasteiger partial charge in [-0.2, -0.15) is 0 Å². The minimum Gasteiger partial charge on any atom is -0.504 e. The van der Waals surface area contributed by atoms with E-state index in [1.807, 2.05) is 25.1 Å². The number of carbonyl (C=O) groups is 1. The van der Waals surface area contributed by atoms with Crippen LogP contribution in [0.2, 0.25) is 0 Å². The molecule has 0 saturated carbocycles. The maximum atomic E-state index is 11.9. The molecule has 0 unspecified atom stereocenters. The van der Waals surface area contributed by atoms with E-state index in [4.69, 9.17) is 4.74 Å². The molecule has 3 nitrogen and oxygen atoms in total. The highest BCUT2D eigenvalue weighted by Crippen LogP contribution is 2.24. The summed E-state index contributed by atoms with van der Waals surface area (Å²) in [6, 6.07) is 13.9. The lowest BCUT2D eigenvalue weighted by Gasteiger charge is -2.07. The number of Topliss-reactive ketones (excluding diaryl/α,β-unsaturated/α-hetero) is 1. The van der Waals surface area contributed by atoms with Crippen molar-refractivity contribution in [1.82, 2.24) is 0 Å². The van der Waals surface area contributed by atoms with Crippen LogP contribution < -0.4 is 4.74 Å². The summed E-state index contributed by atoms with van der Waals surface area (Å²) in [5.74, 6) is 0.245. The van der Waals surface area contributed by atoms with Crippen LogP contribution in [-0.4, -0.2) is 17.5 Å². The van der Waals surface area contributed by atoms with E-state index >= 15 is 0 Å². The number of aromatic hydroxyl groups is 1. The summed E-state index contributed by atoms with van der Waals surface area (Å²) < 4.78 is 5.29. The Morgan fingerprint density at radius 3 is 2.67 bits per heavy atom. The first-order valence-electron chi connectivity index (χ1n) is 5.67. The lowest BCUT2D eigenvalue weighted by atomic mass is 10.1. The smallest absolute Gasteiger partial charge is 0.200 e. The fourth-order valence-corrected chi connectivity index (χ4v) is 1.62. The summed E-state index contributed by atoms with van der Waals surface area (Å²) in [5.41, 5.74) is 1.65. The summed E-state index contributed by atoms with van der Waals surface area (Å²) in [5, 5.41) is 9.50. The van der Waals surface area contributed by atoms with Gasteiger partial charge in [-0.3, -0.25) is 4.79 Å². The predicted octanol–water partition coefficient (Wildman–Crippen LogP) is 2.96. The average Bonchev–Trinajstić information content (AvgIpc) is 2.37. The van der Waals surface area contributed by atoms with Crippen molar-refractivity contribution < 1.29 is 14.6 Å². The summed E-state index contributed by atoms with van der Waals surface area (Å²) in [6.45, 7) is 1.85. The quantitative estimate of drug-likeness (QED) is 0.838. The van der Waals surface area contributed by atoms with Crippen molar-refractivity contribution in [3.05, 3.63) is 59.7 Å². The van der Waals surface area contributed by atoms with E-state index in [1.165, 1.54) is 6.07 Å². The second-order valence-electron chi connectivity index (χ2n) is 4.05. The number of ether oxygens (including phenoxy) is 1. The van der Waals surface area contributed by atoms with Gasteiger partial charge in [0, 0.05) is 5.56 Å². The Morgan fingerprint density at radius 1 is 1.17 bits per heavy atom. The third-order valence-electron chi connectivity index (χ3n) is 2.56. The van der Waals surface area contributed by atoms with E-state index in [0.717, 1.165) is 5.56 Å². The number of benzene rings is 2. The molecule has 2 aromatic rings. The molecule has 0 radical (unpaired) electrons. The number of aryl methyl sites for hydroxylation is 1. The standard InChI is InChI=1S/C15H14O3/c1-11-5-4-6-12(9-11)14(17)10-18-15-8-3-2-7-13(15)16/h2-9,16H,10H2,1H3. The normalized spacial score (nSPS) is 10.1. The summed E-state index contributed by atoms with van der Waals surface area (Å²) >= 11 is 0. The SMILES string of the molecule is Cc1cccc(C(=O)COc2ccccc2O)c1. The molecular weight excluding hydrogens is 228 g/mol. The zero-order valence-corrected chi connectivity index (χ0v) is 10.1. The molecule has 0 atom stereocenters. The molecule has 18 heavy (non-hydrogen) atoms. The maximum Gasteiger partial charge on any atom is 0.200 e. The summed E-state index contributed by atoms with van der Waals surface area (Å²) in [4.78, 5) is 11.9. The Hall–Kier alpha value is -2.29. The zero-order chi connectivity index (χ0) is 13.0. The van der Waals surface area contributed by atoms with E-state index in [9.17, 15) is 9.90 Å². The van der Waals surface area contributed by atoms with Gasteiger partial charge in [0.1, 0.15) is 0 Å². The molecule has 2 aromatic carbocycles. The topological polar surface area (TPSA) is 46.5 Å². The lowest BCUT2D eigenvalue weighted by Crippen LogP contribution is -2.11. The molecule has 0 aliphatic carbocycles. The van der Waals surface area contributed by atoms with Gasteiger partial charge in [-0.05, 0) is 25.1 Å². The van der Waals surface area contributed by atoms with Crippen LogP contribution in [0.15, 0.2) is 48.5 Å². The Morgan fingerprint density at radius 2 is 1.94 bits per heavy atom. The molecular formula is C15H14O3. The highest BCUT2D eigenvalue weighted by molar-refractivity contribution is 5.97. The van der Waals surface area contributed by atoms with Gasteiger partial charge in [-0.25, -0.2) is 0 Å². The van der Waals surface area contributed by atoms with Crippen molar-refractivity contribution in [2.45, 2.75) is 6.92 Å². The highest BCUT2D eigenvalue weighted by atomic mass is 16.5. The van der Waals surface area contributed by atoms with Gasteiger partial charge in [-0.15, -0.1) is 0 Å². The molecule has 0 amide bonds. The number of phenols is 1. The lowest BCUT2D eigenvalue weighted by molar-refractivity contribution is 0.0919. The number of hydrogen-bond acceptors (Lipinski definition) is 3. The first kappa shape index (κ1) is 12.2. The molecule has 3 heteroatoms. The predicted molar refractivity (Wildman–Crippen MR) is 69.1 cm³/mol. The fraction of sp³-hybridized carbons (Fsp3) is 0.133. The Bertz CT molecular complexity index is 561. The number of carbonyl (C=O) groups excluding carboxylic acids is 1. The molecule has 0 heterocycles. The Balaban J connectivity index is 2.03. The van der Waals surface area contributed by atoms with Crippen molar-refractivity contribution in [3.8, 4) is 11.5 Å². The first-order valence-corrected chi connectivity index (χ1v) is 5.67. The molecule has 92 valence electrons. The van der Waals surface area contributed by atoms with Gasteiger partial charge >= 0.3 is 0 Å². The maximum absolute atomic E-state index is 11.9. The van der Waals surface area contributed by atoms with Crippen LogP contribution in [-0.2, 0) is 0 Å².